The van der Waals surface area contributed by atoms with Crippen LogP contribution >= 0.6 is 12.4 Å². The van der Waals surface area contributed by atoms with Crippen LogP contribution in [0.2, 0.25) is 0 Å². The zero-order valence-corrected chi connectivity index (χ0v) is 16.3. The molecule has 1 aromatic rings. The third kappa shape index (κ3) is 9.37. The molecule has 1 rings (SSSR count). The SMILES string of the molecule is CCCCCCCCCCCC(C)(C)C(N)c1ccccc1.Cl. The van der Waals surface area contributed by atoms with Gasteiger partial charge < -0.3 is 5.73 Å². The minimum atomic E-state index is 0. The molecule has 0 bridgehead atoms. The molecule has 0 amide bonds. The van der Waals surface area contributed by atoms with Crippen LogP contribution in [0, 0.1) is 5.41 Å². The summed E-state index contributed by atoms with van der Waals surface area (Å²) in [7, 11) is 0. The molecule has 0 heterocycles. The first kappa shape index (κ1) is 22.5. The maximum atomic E-state index is 6.48. The molecule has 0 aromatic heterocycles. The van der Waals surface area contributed by atoms with E-state index in [1.54, 1.807) is 0 Å². The molecule has 1 atom stereocenters. The second kappa shape index (κ2) is 12.8. The minimum absolute atomic E-state index is 0. The molecule has 0 aliphatic carbocycles. The summed E-state index contributed by atoms with van der Waals surface area (Å²) < 4.78 is 0. The number of benzene rings is 1. The highest BCUT2D eigenvalue weighted by Crippen LogP contribution is 2.36. The van der Waals surface area contributed by atoms with E-state index in [1.807, 2.05) is 0 Å². The summed E-state index contributed by atoms with van der Waals surface area (Å²) in [6.07, 6.45) is 13.7. The molecule has 0 radical (unpaired) electrons. The third-order valence-corrected chi connectivity index (χ3v) is 4.93. The first-order valence-corrected chi connectivity index (χ1v) is 9.38. The van der Waals surface area contributed by atoms with Crippen molar-refractivity contribution in [1.29, 1.82) is 0 Å². The molecule has 1 unspecified atom stereocenters. The average molecular weight is 340 g/mol. The highest BCUT2D eigenvalue weighted by Gasteiger charge is 2.26. The van der Waals surface area contributed by atoms with Gasteiger partial charge in [-0.25, -0.2) is 0 Å². The molecule has 0 aliphatic heterocycles. The zero-order chi connectivity index (χ0) is 16.3. The molecule has 134 valence electrons. The van der Waals surface area contributed by atoms with Crippen molar-refractivity contribution in [2.45, 2.75) is 91.0 Å². The van der Waals surface area contributed by atoms with Crippen LogP contribution in [-0.2, 0) is 0 Å². The predicted molar refractivity (Wildman–Crippen MR) is 106 cm³/mol. The van der Waals surface area contributed by atoms with E-state index in [-0.39, 0.29) is 23.9 Å². The van der Waals surface area contributed by atoms with Crippen LogP contribution in [0.3, 0.4) is 0 Å². The van der Waals surface area contributed by atoms with Gasteiger partial charge in [-0.1, -0.05) is 109 Å². The topological polar surface area (TPSA) is 26.0 Å². The van der Waals surface area contributed by atoms with Crippen molar-refractivity contribution in [2.24, 2.45) is 11.1 Å². The summed E-state index contributed by atoms with van der Waals surface area (Å²) in [4.78, 5) is 0. The second-order valence-corrected chi connectivity index (χ2v) is 7.46. The van der Waals surface area contributed by atoms with E-state index in [0.717, 1.165) is 0 Å². The van der Waals surface area contributed by atoms with Crippen molar-refractivity contribution in [3.8, 4) is 0 Å². The van der Waals surface area contributed by atoms with Crippen LogP contribution in [0.4, 0.5) is 0 Å². The molecule has 1 nitrogen and oxygen atoms in total. The first-order valence-electron chi connectivity index (χ1n) is 9.38. The predicted octanol–water partition coefficient (Wildman–Crippen LogP) is 7.06. The van der Waals surface area contributed by atoms with Gasteiger partial charge in [0.1, 0.15) is 0 Å². The molecule has 2 heteroatoms. The van der Waals surface area contributed by atoms with Gasteiger partial charge in [0, 0.05) is 6.04 Å². The Kier molecular flexibility index (Phi) is 12.5. The lowest BCUT2D eigenvalue weighted by atomic mass is 9.77. The van der Waals surface area contributed by atoms with Gasteiger partial charge >= 0.3 is 0 Å². The average Bonchev–Trinajstić information content (AvgIpc) is 2.53. The molecule has 0 spiro atoms. The molecule has 0 saturated carbocycles. The first-order chi connectivity index (χ1) is 10.6. The van der Waals surface area contributed by atoms with E-state index < -0.39 is 0 Å². The van der Waals surface area contributed by atoms with Gasteiger partial charge in [-0.2, -0.15) is 0 Å². The standard InChI is InChI=1S/C21H37N.ClH/c1-4-5-6-7-8-9-10-11-15-18-21(2,3)20(22)19-16-13-12-14-17-19;/h12-14,16-17,20H,4-11,15,18,22H2,1-3H3;1H. The van der Waals surface area contributed by atoms with Gasteiger partial charge in [-0.05, 0) is 17.4 Å². The van der Waals surface area contributed by atoms with Crippen molar-refractivity contribution in [1.82, 2.24) is 0 Å². The normalized spacial score (nSPS) is 12.7. The summed E-state index contributed by atoms with van der Waals surface area (Å²) >= 11 is 0. The fourth-order valence-electron chi connectivity index (χ4n) is 3.16. The minimum Gasteiger partial charge on any atom is -0.324 e. The van der Waals surface area contributed by atoms with Gasteiger partial charge in [0.05, 0.1) is 0 Å². The lowest BCUT2D eigenvalue weighted by Gasteiger charge is -2.32. The fourth-order valence-corrected chi connectivity index (χ4v) is 3.16. The van der Waals surface area contributed by atoms with E-state index in [0.29, 0.717) is 0 Å². The number of unbranched alkanes of at least 4 members (excludes halogenated alkanes) is 8. The number of rotatable bonds is 12. The van der Waals surface area contributed by atoms with Gasteiger partial charge in [0.25, 0.3) is 0 Å². The summed E-state index contributed by atoms with van der Waals surface area (Å²) in [5.41, 5.74) is 7.93. The smallest absolute Gasteiger partial charge is 0.0346 e. The summed E-state index contributed by atoms with van der Waals surface area (Å²) in [5.74, 6) is 0. The molecule has 0 fully saturated rings. The molecular weight excluding hydrogens is 302 g/mol. The Morgan fingerprint density at radius 2 is 1.30 bits per heavy atom. The molecule has 0 aliphatic rings. The largest absolute Gasteiger partial charge is 0.324 e. The Balaban J connectivity index is 0.00000484. The maximum Gasteiger partial charge on any atom is 0.0346 e. The quantitative estimate of drug-likeness (QED) is 0.405. The van der Waals surface area contributed by atoms with Crippen LogP contribution in [0.15, 0.2) is 30.3 Å². The number of nitrogens with two attached hydrogens (primary N) is 1. The van der Waals surface area contributed by atoms with Gasteiger partial charge in [-0.15, -0.1) is 12.4 Å². The monoisotopic (exact) mass is 339 g/mol. The summed E-state index contributed by atoms with van der Waals surface area (Å²) in [6, 6.07) is 10.7. The second-order valence-electron chi connectivity index (χ2n) is 7.46. The van der Waals surface area contributed by atoms with Crippen LogP contribution in [0.25, 0.3) is 0 Å². The van der Waals surface area contributed by atoms with Crippen molar-refractivity contribution in [2.75, 3.05) is 0 Å². The molecule has 0 saturated heterocycles. The van der Waals surface area contributed by atoms with Crippen LogP contribution in [0.1, 0.15) is 96.6 Å². The van der Waals surface area contributed by atoms with Crippen molar-refractivity contribution in [3.63, 3.8) is 0 Å². The van der Waals surface area contributed by atoms with Crippen LogP contribution < -0.4 is 5.73 Å². The van der Waals surface area contributed by atoms with Crippen molar-refractivity contribution in [3.05, 3.63) is 35.9 Å². The summed E-state index contributed by atoms with van der Waals surface area (Å²) in [5, 5.41) is 0. The van der Waals surface area contributed by atoms with E-state index in [9.17, 15) is 0 Å². The highest BCUT2D eigenvalue weighted by atomic mass is 35.5. The van der Waals surface area contributed by atoms with Gasteiger partial charge in [-0.3, -0.25) is 0 Å². The third-order valence-electron chi connectivity index (χ3n) is 4.93. The van der Waals surface area contributed by atoms with E-state index in [4.69, 9.17) is 5.73 Å². The lowest BCUT2D eigenvalue weighted by Crippen LogP contribution is -2.29. The number of hydrogen-bond donors (Lipinski definition) is 1. The fraction of sp³-hybridized carbons (Fsp3) is 0.714. The Labute approximate surface area is 150 Å². The summed E-state index contributed by atoms with van der Waals surface area (Å²) in [6.45, 7) is 6.91. The van der Waals surface area contributed by atoms with Crippen molar-refractivity contribution >= 4 is 12.4 Å². The van der Waals surface area contributed by atoms with Gasteiger partial charge in [0.15, 0.2) is 0 Å². The Bertz CT molecular complexity index is 375. The zero-order valence-electron chi connectivity index (χ0n) is 15.5. The van der Waals surface area contributed by atoms with E-state index in [2.05, 4.69) is 51.1 Å². The number of halogens is 1. The maximum absolute atomic E-state index is 6.48. The molecule has 2 N–H and O–H groups in total. The Morgan fingerprint density at radius 1 is 0.826 bits per heavy atom. The highest BCUT2D eigenvalue weighted by molar-refractivity contribution is 5.85. The van der Waals surface area contributed by atoms with Gasteiger partial charge in [0.2, 0.25) is 0 Å². The van der Waals surface area contributed by atoms with Crippen molar-refractivity contribution < 1.29 is 0 Å². The van der Waals surface area contributed by atoms with E-state index in [1.165, 1.54) is 69.8 Å². The Hall–Kier alpha value is -0.530. The number of hydrogen-bond acceptors (Lipinski definition) is 1. The van der Waals surface area contributed by atoms with Crippen LogP contribution in [0.5, 0.6) is 0 Å². The molecule has 1 aromatic carbocycles. The lowest BCUT2D eigenvalue weighted by molar-refractivity contribution is 0.255. The van der Waals surface area contributed by atoms with E-state index >= 15 is 0 Å². The molecular formula is C21H38ClN. The Morgan fingerprint density at radius 3 is 1.83 bits per heavy atom. The van der Waals surface area contributed by atoms with Crippen LogP contribution in [-0.4, -0.2) is 0 Å². The molecule has 23 heavy (non-hydrogen) atoms.